The average Bonchev–Trinajstić information content (AvgIpc) is 2.35. The van der Waals surface area contributed by atoms with Crippen molar-refractivity contribution in [3.05, 3.63) is 36.7 Å². The average molecular weight is 232 g/mol. The lowest BCUT2D eigenvalue weighted by Gasteiger charge is -2.05. The molecule has 1 aromatic carbocycles. The summed E-state index contributed by atoms with van der Waals surface area (Å²) in [4.78, 5) is 5.50. The minimum atomic E-state index is 1.08. The topological polar surface area (TPSA) is 24.9 Å². The van der Waals surface area contributed by atoms with Crippen LogP contribution in [0.3, 0.4) is 0 Å². The van der Waals surface area contributed by atoms with Crippen molar-refractivity contribution < 1.29 is 0 Å². The molecule has 0 saturated heterocycles. The first-order valence-corrected chi connectivity index (χ1v) is 6.50. The summed E-state index contributed by atoms with van der Waals surface area (Å²) in [7, 11) is 1.99. The Kier molecular flexibility index (Phi) is 4.19. The van der Waals surface area contributed by atoms with Crippen LogP contribution in [0.25, 0.3) is 10.8 Å². The summed E-state index contributed by atoms with van der Waals surface area (Å²) in [5.74, 6) is 1.16. The minimum absolute atomic E-state index is 1.08. The van der Waals surface area contributed by atoms with E-state index in [-0.39, 0.29) is 0 Å². The first-order chi connectivity index (χ1) is 7.92. The molecule has 0 radical (unpaired) electrons. The molecule has 16 heavy (non-hydrogen) atoms. The van der Waals surface area contributed by atoms with Crippen LogP contribution in [0.5, 0.6) is 0 Å². The van der Waals surface area contributed by atoms with Gasteiger partial charge in [0.05, 0.1) is 0 Å². The fourth-order valence-corrected chi connectivity index (χ4v) is 2.67. The van der Waals surface area contributed by atoms with Gasteiger partial charge in [-0.1, -0.05) is 12.1 Å². The van der Waals surface area contributed by atoms with E-state index in [0.29, 0.717) is 0 Å². The maximum absolute atomic E-state index is 4.14. The van der Waals surface area contributed by atoms with Crippen LogP contribution in [0.4, 0.5) is 0 Å². The molecule has 0 bridgehead atoms. The van der Waals surface area contributed by atoms with Crippen LogP contribution >= 0.6 is 11.8 Å². The Morgan fingerprint density at radius 1 is 1.31 bits per heavy atom. The molecule has 2 nitrogen and oxygen atoms in total. The zero-order chi connectivity index (χ0) is 11.2. The van der Waals surface area contributed by atoms with Crippen molar-refractivity contribution in [2.75, 3.05) is 19.3 Å². The summed E-state index contributed by atoms with van der Waals surface area (Å²) in [5, 5.41) is 5.70. The number of nitrogens with zero attached hydrogens (tertiary/aromatic N) is 1. The zero-order valence-corrected chi connectivity index (χ0v) is 10.3. The van der Waals surface area contributed by atoms with Crippen LogP contribution in [0.1, 0.15) is 6.42 Å². The molecule has 0 amide bonds. The molecule has 84 valence electrons. The van der Waals surface area contributed by atoms with Crippen LogP contribution in [-0.4, -0.2) is 24.3 Å². The van der Waals surface area contributed by atoms with Gasteiger partial charge >= 0.3 is 0 Å². The zero-order valence-electron chi connectivity index (χ0n) is 9.44. The van der Waals surface area contributed by atoms with Crippen molar-refractivity contribution in [3.8, 4) is 0 Å². The molecule has 2 aromatic rings. The molecule has 0 saturated carbocycles. The van der Waals surface area contributed by atoms with Crippen LogP contribution < -0.4 is 5.32 Å². The van der Waals surface area contributed by atoms with Gasteiger partial charge in [-0.25, -0.2) is 0 Å². The lowest BCUT2D eigenvalue weighted by molar-refractivity contribution is 0.778. The number of nitrogens with one attached hydrogen (secondary N) is 1. The summed E-state index contributed by atoms with van der Waals surface area (Å²) in [6.45, 7) is 1.08. The van der Waals surface area contributed by atoms with E-state index in [0.717, 1.165) is 12.3 Å². The van der Waals surface area contributed by atoms with Gasteiger partial charge in [-0.2, -0.15) is 0 Å². The smallest absolute Gasteiger partial charge is 0.0346 e. The third kappa shape index (κ3) is 2.74. The van der Waals surface area contributed by atoms with E-state index in [1.807, 2.05) is 31.2 Å². The second kappa shape index (κ2) is 5.87. The van der Waals surface area contributed by atoms with Gasteiger partial charge in [0.15, 0.2) is 0 Å². The quantitative estimate of drug-likeness (QED) is 0.634. The van der Waals surface area contributed by atoms with Crippen molar-refractivity contribution in [2.24, 2.45) is 0 Å². The van der Waals surface area contributed by atoms with E-state index >= 15 is 0 Å². The van der Waals surface area contributed by atoms with E-state index < -0.39 is 0 Å². The van der Waals surface area contributed by atoms with Gasteiger partial charge in [-0.05, 0) is 43.3 Å². The molecule has 0 aliphatic carbocycles. The number of hydrogen-bond acceptors (Lipinski definition) is 3. The SMILES string of the molecule is CNCCCSc1cccc2cnccc12. The highest BCUT2D eigenvalue weighted by Gasteiger charge is 2.00. The van der Waals surface area contributed by atoms with Gasteiger partial charge in [0, 0.05) is 22.7 Å². The van der Waals surface area contributed by atoms with Crippen molar-refractivity contribution >= 4 is 22.5 Å². The van der Waals surface area contributed by atoms with E-state index in [9.17, 15) is 0 Å². The molecule has 0 fully saturated rings. The molecule has 1 aromatic heterocycles. The van der Waals surface area contributed by atoms with Gasteiger partial charge in [0.1, 0.15) is 0 Å². The number of fused-ring (bicyclic) bond motifs is 1. The Hall–Kier alpha value is -1.06. The molecular formula is C13H16N2S. The molecule has 0 aliphatic rings. The van der Waals surface area contributed by atoms with Gasteiger partial charge in [0.25, 0.3) is 0 Å². The summed E-state index contributed by atoms with van der Waals surface area (Å²) in [6.07, 6.45) is 4.98. The van der Waals surface area contributed by atoms with E-state index in [1.54, 1.807) is 0 Å². The molecule has 0 spiro atoms. The third-order valence-corrected chi connectivity index (χ3v) is 3.63. The monoisotopic (exact) mass is 232 g/mol. The number of benzene rings is 1. The normalized spacial score (nSPS) is 10.8. The predicted octanol–water partition coefficient (Wildman–Crippen LogP) is 2.94. The highest BCUT2D eigenvalue weighted by Crippen LogP contribution is 2.27. The molecule has 1 heterocycles. The van der Waals surface area contributed by atoms with E-state index in [4.69, 9.17) is 0 Å². The second-order valence-electron chi connectivity index (χ2n) is 3.66. The Morgan fingerprint density at radius 2 is 2.25 bits per heavy atom. The lowest BCUT2D eigenvalue weighted by atomic mass is 10.2. The first kappa shape index (κ1) is 11.4. The van der Waals surface area contributed by atoms with Crippen LogP contribution in [0.15, 0.2) is 41.6 Å². The van der Waals surface area contributed by atoms with Gasteiger partial charge < -0.3 is 5.32 Å². The maximum atomic E-state index is 4.14. The fraction of sp³-hybridized carbons (Fsp3) is 0.308. The fourth-order valence-electron chi connectivity index (χ4n) is 1.65. The lowest BCUT2D eigenvalue weighted by Crippen LogP contribution is -2.07. The predicted molar refractivity (Wildman–Crippen MR) is 71.0 cm³/mol. The van der Waals surface area contributed by atoms with Crippen molar-refractivity contribution in [1.29, 1.82) is 0 Å². The first-order valence-electron chi connectivity index (χ1n) is 5.52. The largest absolute Gasteiger partial charge is 0.320 e. The summed E-state index contributed by atoms with van der Waals surface area (Å²) >= 11 is 1.92. The van der Waals surface area contributed by atoms with Crippen molar-refractivity contribution in [1.82, 2.24) is 10.3 Å². The van der Waals surface area contributed by atoms with Crippen LogP contribution in [0, 0.1) is 0 Å². The Bertz CT molecular complexity index is 451. The van der Waals surface area contributed by atoms with Gasteiger partial charge in [0.2, 0.25) is 0 Å². The Balaban J connectivity index is 2.11. The van der Waals surface area contributed by atoms with E-state index in [2.05, 4.69) is 34.6 Å². The molecule has 1 N–H and O–H groups in total. The standard InChI is InChI=1S/C13H16N2S/c1-14-7-3-9-16-13-5-2-4-11-10-15-8-6-12(11)13/h2,4-6,8,10,14H,3,7,9H2,1H3. The summed E-state index contributed by atoms with van der Waals surface area (Å²) < 4.78 is 0. The minimum Gasteiger partial charge on any atom is -0.320 e. The van der Waals surface area contributed by atoms with Crippen LogP contribution in [0.2, 0.25) is 0 Å². The highest BCUT2D eigenvalue weighted by atomic mass is 32.2. The molecule has 0 aliphatic heterocycles. The number of rotatable bonds is 5. The molecule has 0 unspecified atom stereocenters. The van der Waals surface area contributed by atoms with Gasteiger partial charge in [-0.3, -0.25) is 4.98 Å². The molecular weight excluding hydrogens is 216 g/mol. The maximum Gasteiger partial charge on any atom is 0.0346 e. The second-order valence-corrected chi connectivity index (χ2v) is 4.80. The van der Waals surface area contributed by atoms with E-state index in [1.165, 1.54) is 22.1 Å². The summed E-state index contributed by atoms with van der Waals surface area (Å²) in [6, 6.07) is 8.49. The van der Waals surface area contributed by atoms with Crippen molar-refractivity contribution in [2.45, 2.75) is 11.3 Å². The van der Waals surface area contributed by atoms with Crippen LogP contribution in [-0.2, 0) is 0 Å². The highest BCUT2D eigenvalue weighted by molar-refractivity contribution is 7.99. The van der Waals surface area contributed by atoms with Crippen molar-refractivity contribution in [3.63, 3.8) is 0 Å². The Labute approximate surface area is 100 Å². The molecule has 0 atom stereocenters. The third-order valence-electron chi connectivity index (χ3n) is 2.47. The Morgan fingerprint density at radius 3 is 3.12 bits per heavy atom. The number of hydrogen-bond donors (Lipinski definition) is 1. The number of pyridine rings is 1. The summed E-state index contributed by atoms with van der Waals surface area (Å²) in [5.41, 5.74) is 0. The molecule has 3 heteroatoms. The number of aromatic nitrogens is 1. The molecule has 2 rings (SSSR count). The van der Waals surface area contributed by atoms with Gasteiger partial charge in [-0.15, -0.1) is 11.8 Å². The number of thioether (sulfide) groups is 1.